The fourth-order valence-electron chi connectivity index (χ4n) is 2.92. The number of methoxy groups -OCH3 is 1. The van der Waals surface area contributed by atoms with Gasteiger partial charge in [0.2, 0.25) is 0 Å². The van der Waals surface area contributed by atoms with Crippen LogP contribution >= 0.6 is 23.4 Å². The molecule has 1 aliphatic rings. The molecule has 7 heteroatoms. The van der Waals surface area contributed by atoms with Crippen molar-refractivity contribution in [2.24, 2.45) is 4.99 Å². The molecular formula is C23H25ClN2O3S. The lowest BCUT2D eigenvalue weighted by molar-refractivity contribution is -0.115. The summed E-state index contributed by atoms with van der Waals surface area (Å²) < 4.78 is 11.3. The highest BCUT2D eigenvalue weighted by Gasteiger charge is 2.24. The van der Waals surface area contributed by atoms with Gasteiger partial charge in [0.25, 0.3) is 5.91 Å². The van der Waals surface area contributed by atoms with E-state index in [1.54, 1.807) is 19.3 Å². The Balaban J connectivity index is 1.74. The molecule has 0 aromatic heterocycles. The zero-order chi connectivity index (χ0) is 21.3. The molecule has 0 spiro atoms. The van der Waals surface area contributed by atoms with Gasteiger partial charge in [-0.2, -0.15) is 0 Å². The lowest BCUT2D eigenvalue weighted by Gasteiger charge is -2.13. The summed E-state index contributed by atoms with van der Waals surface area (Å²) in [4.78, 5) is 17.3. The molecule has 1 fully saturated rings. The molecule has 0 bridgehead atoms. The highest BCUT2D eigenvalue weighted by atomic mass is 35.5. The van der Waals surface area contributed by atoms with Crippen molar-refractivity contribution in [2.45, 2.75) is 32.6 Å². The van der Waals surface area contributed by atoms with Gasteiger partial charge in [0.1, 0.15) is 0 Å². The number of thioether (sulfide) groups is 1. The molecule has 3 rings (SSSR count). The minimum absolute atomic E-state index is 0.193. The quantitative estimate of drug-likeness (QED) is 0.369. The van der Waals surface area contributed by atoms with Crippen LogP contribution in [0.1, 0.15) is 38.2 Å². The van der Waals surface area contributed by atoms with E-state index < -0.39 is 0 Å². The lowest BCUT2D eigenvalue weighted by Crippen LogP contribution is -2.19. The van der Waals surface area contributed by atoms with E-state index >= 15 is 0 Å². The van der Waals surface area contributed by atoms with E-state index in [0.29, 0.717) is 33.2 Å². The Bertz CT molecular complexity index is 945. The second-order valence-corrected chi connectivity index (χ2v) is 8.20. The van der Waals surface area contributed by atoms with Crippen LogP contribution in [-0.4, -0.2) is 24.8 Å². The molecule has 0 saturated carbocycles. The zero-order valence-electron chi connectivity index (χ0n) is 17.1. The van der Waals surface area contributed by atoms with Crippen LogP contribution in [0.5, 0.6) is 11.5 Å². The Labute approximate surface area is 186 Å². The highest BCUT2D eigenvalue weighted by Crippen LogP contribution is 2.38. The molecule has 2 aromatic carbocycles. The lowest BCUT2D eigenvalue weighted by atomic mass is 10.1. The number of ether oxygens (including phenoxy) is 2. The summed E-state index contributed by atoms with van der Waals surface area (Å²) in [6.07, 6.45) is 6.24. The topological polar surface area (TPSA) is 59.9 Å². The SMILES string of the molecule is CCCCCCOc1c(Cl)cc(/C=C2/SC(=Nc3ccccc3)NC2=O)cc1OC. The molecule has 1 amide bonds. The van der Waals surface area contributed by atoms with Gasteiger partial charge in [-0.15, -0.1) is 0 Å². The van der Waals surface area contributed by atoms with Crippen LogP contribution in [0.15, 0.2) is 52.4 Å². The number of amides is 1. The van der Waals surface area contributed by atoms with E-state index in [1.807, 2.05) is 36.4 Å². The number of carbonyl (C=O) groups excluding carboxylic acids is 1. The van der Waals surface area contributed by atoms with E-state index in [0.717, 1.165) is 24.1 Å². The predicted octanol–water partition coefficient (Wildman–Crippen LogP) is 6.20. The fraction of sp³-hybridized carbons (Fsp3) is 0.304. The Kier molecular flexibility index (Phi) is 8.22. The van der Waals surface area contributed by atoms with Gasteiger partial charge in [0.05, 0.1) is 29.3 Å². The van der Waals surface area contributed by atoms with Crippen molar-refractivity contribution >= 4 is 46.2 Å². The Hall–Kier alpha value is -2.44. The van der Waals surface area contributed by atoms with Gasteiger partial charge >= 0.3 is 0 Å². The van der Waals surface area contributed by atoms with Crippen molar-refractivity contribution in [3.05, 3.63) is 58.0 Å². The Morgan fingerprint density at radius 1 is 1.17 bits per heavy atom. The molecule has 0 radical (unpaired) electrons. The second-order valence-electron chi connectivity index (χ2n) is 6.76. The molecule has 158 valence electrons. The number of benzene rings is 2. The molecule has 1 heterocycles. The Morgan fingerprint density at radius 3 is 2.70 bits per heavy atom. The maximum absolute atomic E-state index is 12.3. The standard InChI is InChI=1S/C23H25ClN2O3S/c1-3-4-5-9-12-29-21-18(24)13-16(14-19(21)28-2)15-20-22(27)26-23(30-20)25-17-10-7-6-8-11-17/h6-8,10-11,13-15H,3-5,9,12H2,1-2H3,(H,25,26,27)/b20-15+. The first-order valence-electron chi connectivity index (χ1n) is 9.95. The molecule has 1 N–H and O–H groups in total. The summed E-state index contributed by atoms with van der Waals surface area (Å²) in [7, 11) is 1.58. The van der Waals surface area contributed by atoms with E-state index in [9.17, 15) is 4.79 Å². The van der Waals surface area contributed by atoms with Crippen LogP contribution in [0.4, 0.5) is 5.69 Å². The third-order valence-corrected chi connectivity index (χ3v) is 5.62. The number of hydrogen-bond acceptors (Lipinski definition) is 5. The van der Waals surface area contributed by atoms with E-state index in [1.165, 1.54) is 24.6 Å². The van der Waals surface area contributed by atoms with E-state index in [2.05, 4.69) is 17.2 Å². The second kappa shape index (κ2) is 11.1. The minimum Gasteiger partial charge on any atom is -0.493 e. The van der Waals surface area contributed by atoms with E-state index in [4.69, 9.17) is 21.1 Å². The maximum Gasteiger partial charge on any atom is 0.264 e. The van der Waals surface area contributed by atoms with Crippen LogP contribution in [0.25, 0.3) is 6.08 Å². The van der Waals surface area contributed by atoms with Gasteiger partial charge in [-0.25, -0.2) is 4.99 Å². The predicted molar refractivity (Wildman–Crippen MR) is 125 cm³/mol. The molecule has 0 unspecified atom stereocenters. The summed E-state index contributed by atoms with van der Waals surface area (Å²) in [6, 6.07) is 13.1. The monoisotopic (exact) mass is 444 g/mol. The molecule has 30 heavy (non-hydrogen) atoms. The largest absolute Gasteiger partial charge is 0.493 e. The first kappa shape index (κ1) is 22.2. The number of halogens is 1. The van der Waals surface area contributed by atoms with Gasteiger partial charge in [-0.05, 0) is 54.1 Å². The van der Waals surface area contributed by atoms with Crippen LogP contribution < -0.4 is 14.8 Å². The molecule has 1 saturated heterocycles. The number of para-hydroxylation sites is 1. The number of aliphatic imine (C=N–C) groups is 1. The Morgan fingerprint density at radius 2 is 1.97 bits per heavy atom. The molecule has 0 atom stereocenters. The number of rotatable bonds is 9. The van der Waals surface area contributed by atoms with Crippen LogP contribution in [0.2, 0.25) is 5.02 Å². The van der Waals surface area contributed by atoms with Gasteiger partial charge in [0.15, 0.2) is 16.7 Å². The number of nitrogens with one attached hydrogen (secondary N) is 1. The summed E-state index contributed by atoms with van der Waals surface area (Å²) in [5.74, 6) is 0.889. The van der Waals surface area contributed by atoms with Gasteiger partial charge in [-0.3, -0.25) is 4.79 Å². The third-order valence-electron chi connectivity index (χ3n) is 4.43. The van der Waals surface area contributed by atoms with E-state index in [-0.39, 0.29) is 5.91 Å². The third kappa shape index (κ3) is 6.03. The molecule has 0 aliphatic carbocycles. The molecular weight excluding hydrogens is 420 g/mol. The zero-order valence-corrected chi connectivity index (χ0v) is 18.7. The summed E-state index contributed by atoms with van der Waals surface area (Å²) in [5.41, 5.74) is 1.54. The summed E-state index contributed by atoms with van der Waals surface area (Å²) in [5, 5.41) is 3.79. The average Bonchev–Trinajstić information content (AvgIpc) is 3.08. The van der Waals surface area contributed by atoms with Crippen molar-refractivity contribution < 1.29 is 14.3 Å². The summed E-state index contributed by atoms with van der Waals surface area (Å²) >= 11 is 7.73. The van der Waals surface area contributed by atoms with Crippen molar-refractivity contribution in [3.8, 4) is 11.5 Å². The van der Waals surface area contributed by atoms with Gasteiger partial charge in [0, 0.05) is 0 Å². The van der Waals surface area contributed by atoms with Gasteiger partial charge in [-0.1, -0.05) is 56.0 Å². The molecule has 1 aliphatic heterocycles. The average molecular weight is 445 g/mol. The first-order valence-corrected chi connectivity index (χ1v) is 11.1. The fourth-order valence-corrected chi connectivity index (χ4v) is 4.03. The van der Waals surface area contributed by atoms with Crippen molar-refractivity contribution in [2.75, 3.05) is 13.7 Å². The van der Waals surface area contributed by atoms with Crippen molar-refractivity contribution in [1.29, 1.82) is 0 Å². The van der Waals surface area contributed by atoms with Crippen LogP contribution in [0.3, 0.4) is 0 Å². The van der Waals surface area contributed by atoms with Crippen LogP contribution in [0, 0.1) is 0 Å². The molecule has 2 aromatic rings. The first-order chi connectivity index (χ1) is 14.6. The number of nitrogens with zero attached hydrogens (tertiary/aromatic N) is 1. The highest BCUT2D eigenvalue weighted by molar-refractivity contribution is 8.18. The number of amidine groups is 1. The molecule has 5 nitrogen and oxygen atoms in total. The smallest absolute Gasteiger partial charge is 0.264 e. The van der Waals surface area contributed by atoms with Crippen molar-refractivity contribution in [3.63, 3.8) is 0 Å². The number of carbonyl (C=O) groups is 1. The maximum atomic E-state index is 12.3. The minimum atomic E-state index is -0.193. The van der Waals surface area contributed by atoms with Crippen LogP contribution in [-0.2, 0) is 4.79 Å². The number of unbranched alkanes of at least 4 members (excludes halogenated alkanes) is 3. The van der Waals surface area contributed by atoms with Gasteiger partial charge < -0.3 is 14.8 Å². The van der Waals surface area contributed by atoms with Crippen molar-refractivity contribution in [1.82, 2.24) is 5.32 Å². The summed E-state index contributed by atoms with van der Waals surface area (Å²) in [6.45, 7) is 2.77. The number of hydrogen-bond donors (Lipinski definition) is 1. The normalized spacial score (nSPS) is 16.2.